The fraction of sp³-hybridized carbons (Fsp3) is 0.333. The van der Waals surface area contributed by atoms with Gasteiger partial charge in [-0.15, -0.1) is 0 Å². The summed E-state index contributed by atoms with van der Waals surface area (Å²) in [6, 6.07) is 1.01. The van der Waals surface area contributed by atoms with Crippen LogP contribution in [0.1, 0.15) is 22.5 Å². The van der Waals surface area contributed by atoms with Gasteiger partial charge in [-0.2, -0.15) is 0 Å². The van der Waals surface area contributed by atoms with E-state index in [0.717, 1.165) is 12.3 Å². The molecule has 0 N–H and O–H groups in total. The van der Waals surface area contributed by atoms with Crippen LogP contribution in [0.25, 0.3) is 0 Å². The maximum Gasteiger partial charge on any atom is 0.343 e. The molecule has 0 amide bonds. The van der Waals surface area contributed by atoms with Gasteiger partial charge in [0.1, 0.15) is 17.0 Å². The van der Waals surface area contributed by atoms with Gasteiger partial charge in [0.15, 0.2) is 0 Å². The van der Waals surface area contributed by atoms with E-state index >= 15 is 0 Å². The van der Waals surface area contributed by atoms with Crippen molar-refractivity contribution in [1.29, 1.82) is 0 Å². The van der Waals surface area contributed by atoms with E-state index in [1.54, 1.807) is 0 Å². The SMILES string of the molecule is COC(=O)c1cnc(C(F)F)cc1OC. The van der Waals surface area contributed by atoms with Crippen LogP contribution in [0.3, 0.4) is 0 Å². The molecule has 0 spiro atoms. The summed E-state index contributed by atoms with van der Waals surface area (Å²) in [7, 11) is 2.46. The Morgan fingerprint density at radius 3 is 2.60 bits per heavy atom. The lowest BCUT2D eigenvalue weighted by Gasteiger charge is -2.07. The highest BCUT2D eigenvalue weighted by atomic mass is 19.3. The number of pyridine rings is 1. The minimum atomic E-state index is -2.70. The van der Waals surface area contributed by atoms with Gasteiger partial charge in [0, 0.05) is 12.3 Å². The largest absolute Gasteiger partial charge is 0.496 e. The summed E-state index contributed by atoms with van der Waals surface area (Å²) < 4.78 is 33.7. The number of methoxy groups -OCH3 is 2. The zero-order chi connectivity index (χ0) is 11.4. The molecule has 0 unspecified atom stereocenters. The molecule has 0 saturated heterocycles. The van der Waals surface area contributed by atoms with Gasteiger partial charge in [0.05, 0.1) is 14.2 Å². The topological polar surface area (TPSA) is 48.4 Å². The number of esters is 1. The Kier molecular flexibility index (Phi) is 3.54. The Morgan fingerprint density at radius 2 is 2.13 bits per heavy atom. The second kappa shape index (κ2) is 4.68. The second-order valence-corrected chi connectivity index (χ2v) is 2.60. The molecule has 1 aromatic heterocycles. The van der Waals surface area contributed by atoms with Crippen molar-refractivity contribution in [3.63, 3.8) is 0 Å². The number of halogens is 2. The van der Waals surface area contributed by atoms with Gasteiger partial charge in [-0.25, -0.2) is 13.6 Å². The minimum Gasteiger partial charge on any atom is -0.496 e. The number of carbonyl (C=O) groups excluding carboxylic acids is 1. The molecule has 0 saturated carbocycles. The number of hydrogen-bond donors (Lipinski definition) is 0. The van der Waals surface area contributed by atoms with Crippen molar-refractivity contribution in [3.8, 4) is 5.75 Å². The number of nitrogens with zero attached hydrogens (tertiary/aromatic N) is 1. The Morgan fingerprint density at radius 1 is 1.47 bits per heavy atom. The van der Waals surface area contributed by atoms with Crippen molar-refractivity contribution in [3.05, 3.63) is 23.5 Å². The molecule has 15 heavy (non-hydrogen) atoms. The number of ether oxygens (including phenoxy) is 2. The number of carbonyl (C=O) groups is 1. The Labute approximate surface area is 84.8 Å². The molecule has 1 rings (SSSR count). The monoisotopic (exact) mass is 217 g/mol. The predicted octanol–water partition coefficient (Wildman–Crippen LogP) is 1.81. The molecule has 0 bridgehead atoms. The van der Waals surface area contributed by atoms with Crippen molar-refractivity contribution in [2.24, 2.45) is 0 Å². The van der Waals surface area contributed by atoms with E-state index in [1.807, 2.05) is 0 Å². The van der Waals surface area contributed by atoms with Gasteiger partial charge in [-0.1, -0.05) is 0 Å². The lowest BCUT2D eigenvalue weighted by atomic mass is 10.2. The molecular formula is C9H9F2NO3. The zero-order valence-electron chi connectivity index (χ0n) is 8.16. The second-order valence-electron chi connectivity index (χ2n) is 2.60. The van der Waals surface area contributed by atoms with E-state index in [9.17, 15) is 13.6 Å². The summed E-state index contributed by atoms with van der Waals surface area (Å²) in [4.78, 5) is 14.6. The van der Waals surface area contributed by atoms with E-state index in [1.165, 1.54) is 14.2 Å². The van der Waals surface area contributed by atoms with Crippen molar-refractivity contribution in [2.75, 3.05) is 14.2 Å². The molecule has 0 radical (unpaired) electrons. The first kappa shape index (κ1) is 11.4. The quantitative estimate of drug-likeness (QED) is 0.724. The lowest BCUT2D eigenvalue weighted by molar-refractivity contribution is 0.0595. The van der Waals surface area contributed by atoms with Crippen LogP contribution < -0.4 is 4.74 Å². The lowest BCUT2D eigenvalue weighted by Crippen LogP contribution is -2.06. The molecule has 6 heteroatoms. The van der Waals surface area contributed by atoms with Crippen LogP contribution in [0.15, 0.2) is 12.3 Å². The minimum absolute atomic E-state index is 0.0180. The predicted molar refractivity (Wildman–Crippen MR) is 47.1 cm³/mol. The average Bonchev–Trinajstić information content (AvgIpc) is 2.27. The Hall–Kier alpha value is -1.72. The molecule has 0 aliphatic carbocycles. The highest BCUT2D eigenvalue weighted by Crippen LogP contribution is 2.24. The van der Waals surface area contributed by atoms with Crippen LogP contribution in [-0.4, -0.2) is 25.2 Å². The Balaban J connectivity index is 3.15. The molecule has 4 nitrogen and oxygen atoms in total. The Bertz CT molecular complexity index is 368. The van der Waals surface area contributed by atoms with Crippen LogP contribution >= 0.6 is 0 Å². The molecule has 82 valence electrons. The van der Waals surface area contributed by atoms with Gasteiger partial charge < -0.3 is 9.47 Å². The maximum atomic E-state index is 12.3. The third kappa shape index (κ3) is 2.39. The number of aromatic nitrogens is 1. The summed E-state index contributed by atoms with van der Waals surface area (Å²) in [6.07, 6.45) is -1.70. The van der Waals surface area contributed by atoms with E-state index in [2.05, 4.69) is 9.72 Å². The van der Waals surface area contributed by atoms with Crippen LogP contribution in [0.2, 0.25) is 0 Å². The summed E-state index contributed by atoms with van der Waals surface area (Å²) in [6.45, 7) is 0. The van der Waals surface area contributed by atoms with Crippen LogP contribution in [0, 0.1) is 0 Å². The van der Waals surface area contributed by atoms with Crippen LogP contribution in [-0.2, 0) is 4.74 Å². The highest BCUT2D eigenvalue weighted by Gasteiger charge is 2.17. The molecule has 0 fully saturated rings. The average molecular weight is 217 g/mol. The number of rotatable bonds is 3. The molecular weight excluding hydrogens is 208 g/mol. The van der Waals surface area contributed by atoms with E-state index in [-0.39, 0.29) is 11.3 Å². The van der Waals surface area contributed by atoms with Crippen molar-refractivity contribution in [1.82, 2.24) is 4.98 Å². The standard InChI is InChI=1S/C9H9F2NO3/c1-14-7-3-6(8(10)11)12-4-5(7)9(13)15-2/h3-4,8H,1-2H3. The van der Waals surface area contributed by atoms with Gasteiger partial charge in [0.2, 0.25) is 0 Å². The van der Waals surface area contributed by atoms with Gasteiger partial charge in [-0.3, -0.25) is 4.98 Å². The first-order valence-corrected chi connectivity index (χ1v) is 4.00. The van der Waals surface area contributed by atoms with Crippen molar-refractivity contribution >= 4 is 5.97 Å². The third-order valence-corrected chi connectivity index (χ3v) is 1.74. The maximum absolute atomic E-state index is 12.3. The number of alkyl halides is 2. The molecule has 0 aliphatic rings. The van der Waals surface area contributed by atoms with Gasteiger partial charge in [0.25, 0.3) is 6.43 Å². The summed E-state index contributed by atoms with van der Waals surface area (Å²) >= 11 is 0. The summed E-state index contributed by atoms with van der Waals surface area (Å²) in [5, 5.41) is 0. The van der Waals surface area contributed by atoms with Crippen molar-refractivity contribution in [2.45, 2.75) is 6.43 Å². The van der Waals surface area contributed by atoms with E-state index in [0.29, 0.717) is 0 Å². The first-order chi connectivity index (χ1) is 7.10. The fourth-order valence-corrected chi connectivity index (χ4v) is 1.00. The normalized spacial score (nSPS) is 10.2. The fourth-order valence-electron chi connectivity index (χ4n) is 1.00. The van der Waals surface area contributed by atoms with Crippen molar-refractivity contribution < 1.29 is 23.0 Å². The summed E-state index contributed by atoms with van der Waals surface area (Å²) in [5.74, 6) is -0.660. The third-order valence-electron chi connectivity index (χ3n) is 1.74. The molecule has 0 aliphatic heterocycles. The number of hydrogen-bond acceptors (Lipinski definition) is 4. The molecule has 0 aromatic carbocycles. The van der Waals surface area contributed by atoms with E-state index in [4.69, 9.17) is 4.74 Å². The van der Waals surface area contributed by atoms with Crippen LogP contribution in [0.5, 0.6) is 5.75 Å². The highest BCUT2D eigenvalue weighted by molar-refractivity contribution is 5.92. The van der Waals surface area contributed by atoms with Gasteiger partial charge >= 0.3 is 5.97 Å². The molecule has 0 atom stereocenters. The first-order valence-electron chi connectivity index (χ1n) is 4.00. The summed E-state index contributed by atoms with van der Waals surface area (Å²) in [5.41, 5.74) is -0.427. The molecule has 1 heterocycles. The smallest absolute Gasteiger partial charge is 0.343 e. The van der Waals surface area contributed by atoms with E-state index < -0.39 is 18.1 Å². The molecule has 1 aromatic rings. The zero-order valence-corrected chi connectivity index (χ0v) is 8.16. The van der Waals surface area contributed by atoms with Crippen LogP contribution in [0.4, 0.5) is 8.78 Å². The van der Waals surface area contributed by atoms with Gasteiger partial charge in [-0.05, 0) is 0 Å².